The van der Waals surface area contributed by atoms with E-state index in [-0.39, 0.29) is 17.9 Å². The van der Waals surface area contributed by atoms with Crippen LogP contribution in [0.5, 0.6) is 0 Å². The summed E-state index contributed by atoms with van der Waals surface area (Å²) in [4.78, 5) is 0. The Morgan fingerprint density at radius 1 is 1.12 bits per heavy atom. The molecule has 0 bridgehead atoms. The maximum Gasteiger partial charge on any atom is 0.0814 e. The van der Waals surface area contributed by atoms with Crippen molar-refractivity contribution >= 4 is 0 Å². The second kappa shape index (κ2) is 9.83. The number of rotatable bonds is 6. The Morgan fingerprint density at radius 2 is 1.53 bits per heavy atom. The molecule has 1 atom stereocenters. The molecule has 0 saturated heterocycles. The highest BCUT2D eigenvalue weighted by molar-refractivity contribution is 4.85. The summed E-state index contributed by atoms with van der Waals surface area (Å²) in [5.41, 5.74) is 4.78. The van der Waals surface area contributed by atoms with Crippen molar-refractivity contribution < 1.29 is 14.9 Å². The monoisotopic (exact) mass is 249 g/mol. The van der Waals surface area contributed by atoms with Crippen LogP contribution in [-0.4, -0.2) is 41.7 Å². The lowest BCUT2D eigenvalue weighted by molar-refractivity contribution is -0.0379. The van der Waals surface area contributed by atoms with Crippen LogP contribution in [-0.2, 0) is 4.74 Å². The maximum absolute atomic E-state index is 9.85. The van der Waals surface area contributed by atoms with Gasteiger partial charge in [0.05, 0.1) is 18.3 Å². The normalized spacial score (nSPS) is 13.6. The molecular weight excluding hydrogens is 218 g/mol. The van der Waals surface area contributed by atoms with Crippen LogP contribution in [0.2, 0.25) is 0 Å². The molecule has 4 N–H and O–H groups in total. The van der Waals surface area contributed by atoms with Gasteiger partial charge in [-0.15, -0.1) is 0 Å². The molecule has 0 amide bonds. The second-order valence-electron chi connectivity index (χ2n) is 5.01. The van der Waals surface area contributed by atoms with Crippen molar-refractivity contribution in [1.82, 2.24) is 0 Å². The third kappa shape index (κ3) is 8.55. The van der Waals surface area contributed by atoms with Crippen LogP contribution >= 0.6 is 0 Å². The summed E-state index contributed by atoms with van der Waals surface area (Å²) < 4.78 is 4.84. The highest BCUT2D eigenvalue weighted by atomic mass is 16.5. The van der Waals surface area contributed by atoms with Gasteiger partial charge in [0, 0.05) is 13.2 Å². The molecule has 106 valence electrons. The topological polar surface area (TPSA) is 75.7 Å². The highest BCUT2D eigenvalue weighted by Crippen LogP contribution is 2.24. The van der Waals surface area contributed by atoms with Crippen molar-refractivity contribution in [3.8, 4) is 0 Å². The van der Waals surface area contributed by atoms with Crippen molar-refractivity contribution in [1.29, 1.82) is 0 Å². The lowest BCUT2D eigenvalue weighted by Crippen LogP contribution is -2.47. The molecule has 0 spiro atoms. The van der Waals surface area contributed by atoms with Gasteiger partial charge in [-0.1, -0.05) is 27.7 Å². The van der Waals surface area contributed by atoms with Gasteiger partial charge in [-0.25, -0.2) is 0 Å². The van der Waals surface area contributed by atoms with Crippen LogP contribution in [0.15, 0.2) is 0 Å². The summed E-state index contributed by atoms with van der Waals surface area (Å²) in [5, 5.41) is 18.4. The summed E-state index contributed by atoms with van der Waals surface area (Å²) in [5.74, 6) is 0.468. The van der Waals surface area contributed by atoms with E-state index in [2.05, 4.69) is 0 Å². The number of aliphatic hydroxyl groups excluding tert-OH is 1. The summed E-state index contributed by atoms with van der Waals surface area (Å²) in [6, 6.07) is 0. The van der Waals surface area contributed by atoms with Crippen LogP contribution in [0.1, 0.15) is 41.5 Å². The van der Waals surface area contributed by atoms with E-state index < -0.39 is 5.60 Å². The summed E-state index contributed by atoms with van der Waals surface area (Å²) in [7, 11) is 0. The van der Waals surface area contributed by atoms with Gasteiger partial charge in [0.1, 0.15) is 0 Å². The standard InChI is InChI=1S/C8H19NO.C5H12O2/c1-6(2)8(10,5-9)7(3)4;1-3-7-4-5(2)6/h6-7,10H,5,9H2,1-4H3;5-6H,3-4H2,1-2H3. The molecule has 0 saturated carbocycles. The molecule has 0 aliphatic carbocycles. The van der Waals surface area contributed by atoms with E-state index in [9.17, 15) is 5.11 Å². The zero-order chi connectivity index (χ0) is 14.1. The molecule has 0 radical (unpaired) electrons. The highest BCUT2D eigenvalue weighted by Gasteiger charge is 2.32. The molecule has 0 aromatic heterocycles. The van der Waals surface area contributed by atoms with E-state index >= 15 is 0 Å². The molecule has 0 heterocycles. The molecule has 4 nitrogen and oxygen atoms in total. The Hall–Kier alpha value is -0.160. The molecule has 1 unspecified atom stereocenters. The van der Waals surface area contributed by atoms with Gasteiger partial charge in [-0.05, 0) is 25.7 Å². The first-order valence-electron chi connectivity index (χ1n) is 6.40. The molecule has 0 aromatic carbocycles. The fourth-order valence-electron chi connectivity index (χ4n) is 1.43. The van der Waals surface area contributed by atoms with Crippen LogP contribution in [0.3, 0.4) is 0 Å². The van der Waals surface area contributed by atoms with Gasteiger partial charge in [0.25, 0.3) is 0 Å². The van der Waals surface area contributed by atoms with Gasteiger partial charge in [0.15, 0.2) is 0 Å². The summed E-state index contributed by atoms with van der Waals surface area (Å²) in [6.45, 7) is 13.1. The molecule has 0 aliphatic rings. The fourth-order valence-corrected chi connectivity index (χ4v) is 1.43. The average molecular weight is 249 g/mol. The molecule has 0 fully saturated rings. The fraction of sp³-hybridized carbons (Fsp3) is 1.00. The molecular formula is C13H31NO3. The van der Waals surface area contributed by atoms with E-state index in [1.807, 2.05) is 34.6 Å². The first-order chi connectivity index (χ1) is 7.72. The van der Waals surface area contributed by atoms with Crippen LogP contribution in [0.25, 0.3) is 0 Å². The Labute approximate surface area is 106 Å². The average Bonchev–Trinajstić information content (AvgIpc) is 2.25. The first kappa shape index (κ1) is 19.2. The quantitative estimate of drug-likeness (QED) is 0.665. The van der Waals surface area contributed by atoms with Crippen molar-refractivity contribution in [2.45, 2.75) is 53.2 Å². The Bertz CT molecular complexity index is 162. The minimum absolute atomic E-state index is 0.234. The van der Waals surface area contributed by atoms with Gasteiger partial charge in [0.2, 0.25) is 0 Å². The zero-order valence-corrected chi connectivity index (χ0v) is 12.2. The molecule has 17 heavy (non-hydrogen) atoms. The van der Waals surface area contributed by atoms with E-state index in [0.717, 1.165) is 0 Å². The third-order valence-electron chi connectivity index (χ3n) is 2.89. The lowest BCUT2D eigenvalue weighted by Gasteiger charge is -2.34. The minimum atomic E-state index is -0.681. The van der Waals surface area contributed by atoms with Crippen molar-refractivity contribution in [3.63, 3.8) is 0 Å². The largest absolute Gasteiger partial charge is 0.391 e. The van der Waals surface area contributed by atoms with Gasteiger partial charge >= 0.3 is 0 Å². The van der Waals surface area contributed by atoms with E-state index in [1.54, 1.807) is 6.92 Å². The van der Waals surface area contributed by atoms with Crippen LogP contribution in [0, 0.1) is 11.8 Å². The predicted molar refractivity (Wildman–Crippen MR) is 71.9 cm³/mol. The number of nitrogens with two attached hydrogens (primary N) is 1. The number of hydrogen-bond donors (Lipinski definition) is 3. The zero-order valence-electron chi connectivity index (χ0n) is 12.2. The van der Waals surface area contributed by atoms with Crippen molar-refractivity contribution in [2.75, 3.05) is 19.8 Å². The molecule has 0 aliphatic heterocycles. The summed E-state index contributed by atoms with van der Waals surface area (Å²) in [6.07, 6.45) is -0.319. The van der Waals surface area contributed by atoms with E-state index in [1.165, 1.54) is 0 Å². The van der Waals surface area contributed by atoms with Crippen LogP contribution < -0.4 is 5.73 Å². The van der Waals surface area contributed by atoms with Gasteiger partial charge in [-0.2, -0.15) is 0 Å². The number of hydrogen-bond acceptors (Lipinski definition) is 4. The smallest absolute Gasteiger partial charge is 0.0814 e. The van der Waals surface area contributed by atoms with E-state index in [4.69, 9.17) is 15.6 Å². The van der Waals surface area contributed by atoms with Crippen LogP contribution in [0.4, 0.5) is 0 Å². The minimum Gasteiger partial charge on any atom is -0.391 e. The molecule has 0 rings (SSSR count). The van der Waals surface area contributed by atoms with Gasteiger partial charge < -0.3 is 20.7 Å². The lowest BCUT2D eigenvalue weighted by atomic mass is 9.81. The summed E-state index contributed by atoms with van der Waals surface area (Å²) >= 11 is 0. The van der Waals surface area contributed by atoms with Crippen molar-refractivity contribution in [2.24, 2.45) is 17.6 Å². The third-order valence-corrected chi connectivity index (χ3v) is 2.89. The Morgan fingerprint density at radius 3 is 1.59 bits per heavy atom. The van der Waals surface area contributed by atoms with Gasteiger partial charge in [-0.3, -0.25) is 0 Å². The SMILES string of the molecule is CC(C)C(O)(CN)C(C)C.CCOCC(C)O. The Balaban J connectivity index is 0. The maximum atomic E-state index is 9.85. The predicted octanol–water partition coefficient (Wildman–Crippen LogP) is 1.39. The second-order valence-corrected chi connectivity index (χ2v) is 5.01. The van der Waals surface area contributed by atoms with Crippen molar-refractivity contribution in [3.05, 3.63) is 0 Å². The molecule has 4 heteroatoms. The van der Waals surface area contributed by atoms with E-state index in [0.29, 0.717) is 19.8 Å². The number of ether oxygens (including phenoxy) is 1. The first-order valence-corrected chi connectivity index (χ1v) is 6.40. The number of aliphatic hydroxyl groups is 2. The molecule has 0 aromatic rings. The Kier molecular flexibility index (Phi) is 11.1.